The minimum Gasteiger partial charge on any atom is -0.415 e. The number of alkyl halides is 3. The molecule has 1 rings (SSSR count). The standard InChI is InChI=1S/C4H3F3NO/c5-4(6,7)3-1-2-9-8-3/h2-3,8H. The third-order valence-electron chi connectivity index (χ3n) is 0.807. The Morgan fingerprint density at radius 2 is 2.22 bits per heavy atom. The van der Waals surface area contributed by atoms with Crippen molar-refractivity contribution in [3.63, 3.8) is 0 Å². The third-order valence-corrected chi connectivity index (χ3v) is 0.807. The second-order valence-corrected chi connectivity index (χ2v) is 1.49. The number of hydroxylamine groups is 1. The van der Waals surface area contributed by atoms with Gasteiger partial charge in [-0.3, -0.25) is 0 Å². The summed E-state index contributed by atoms with van der Waals surface area (Å²) >= 11 is 0. The van der Waals surface area contributed by atoms with Gasteiger partial charge in [-0.25, -0.2) is 0 Å². The molecule has 0 bridgehead atoms. The number of nitrogens with one attached hydrogen (secondary N) is 1. The molecule has 0 aliphatic carbocycles. The van der Waals surface area contributed by atoms with Gasteiger partial charge in [0.05, 0.1) is 0 Å². The van der Waals surface area contributed by atoms with Gasteiger partial charge in [-0.15, -0.1) is 5.48 Å². The van der Waals surface area contributed by atoms with Gasteiger partial charge in [0.25, 0.3) is 0 Å². The average molecular weight is 138 g/mol. The summed E-state index contributed by atoms with van der Waals surface area (Å²) in [7, 11) is 0. The Balaban J connectivity index is 2.53. The maximum Gasteiger partial charge on any atom is 0.411 e. The van der Waals surface area contributed by atoms with E-state index in [1.165, 1.54) is 0 Å². The van der Waals surface area contributed by atoms with Crippen LogP contribution in [0.15, 0.2) is 6.26 Å². The van der Waals surface area contributed by atoms with Crippen molar-refractivity contribution in [1.29, 1.82) is 0 Å². The van der Waals surface area contributed by atoms with Gasteiger partial charge in [-0.05, 0) is 0 Å². The maximum atomic E-state index is 11.5. The van der Waals surface area contributed by atoms with Crippen LogP contribution in [0, 0.1) is 6.08 Å². The SMILES string of the molecule is FC(F)(F)C1[C]=CON1. The highest BCUT2D eigenvalue weighted by atomic mass is 19.4. The fourth-order valence-electron chi connectivity index (χ4n) is 0.399. The van der Waals surface area contributed by atoms with Crippen LogP contribution in [0.3, 0.4) is 0 Å². The van der Waals surface area contributed by atoms with Crippen LogP contribution in [0.5, 0.6) is 0 Å². The first-order valence-electron chi connectivity index (χ1n) is 2.16. The van der Waals surface area contributed by atoms with E-state index < -0.39 is 12.2 Å². The van der Waals surface area contributed by atoms with Gasteiger partial charge in [0.1, 0.15) is 6.26 Å². The van der Waals surface area contributed by atoms with Crippen molar-refractivity contribution in [1.82, 2.24) is 5.48 Å². The number of rotatable bonds is 0. The number of hydrogen-bond acceptors (Lipinski definition) is 2. The van der Waals surface area contributed by atoms with Crippen LogP contribution in [0.4, 0.5) is 13.2 Å². The highest BCUT2D eigenvalue weighted by molar-refractivity contribution is 4.88. The Kier molecular flexibility index (Phi) is 1.36. The van der Waals surface area contributed by atoms with Crippen LogP contribution in [0.2, 0.25) is 0 Å². The summed E-state index contributed by atoms with van der Waals surface area (Å²) in [6.45, 7) is 0. The van der Waals surface area contributed by atoms with E-state index in [1.54, 1.807) is 5.48 Å². The fourth-order valence-corrected chi connectivity index (χ4v) is 0.399. The molecule has 1 N–H and O–H groups in total. The van der Waals surface area contributed by atoms with Gasteiger partial charge >= 0.3 is 6.18 Å². The lowest BCUT2D eigenvalue weighted by Crippen LogP contribution is -2.36. The minimum atomic E-state index is -4.30. The van der Waals surface area contributed by atoms with Crippen molar-refractivity contribution in [2.24, 2.45) is 0 Å². The zero-order valence-electron chi connectivity index (χ0n) is 4.20. The van der Waals surface area contributed by atoms with Crippen LogP contribution in [-0.2, 0) is 4.84 Å². The van der Waals surface area contributed by atoms with Gasteiger partial charge in [-0.1, -0.05) is 0 Å². The average Bonchev–Trinajstić information content (AvgIpc) is 2.08. The van der Waals surface area contributed by atoms with E-state index in [0.29, 0.717) is 0 Å². The monoisotopic (exact) mass is 138 g/mol. The highest BCUT2D eigenvalue weighted by Crippen LogP contribution is 2.22. The predicted octanol–water partition coefficient (Wildman–Crippen LogP) is 0.769. The molecule has 51 valence electrons. The summed E-state index contributed by atoms with van der Waals surface area (Å²) < 4.78 is 34.6. The molecule has 0 aromatic rings. The smallest absolute Gasteiger partial charge is 0.411 e. The topological polar surface area (TPSA) is 21.3 Å². The van der Waals surface area contributed by atoms with Gasteiger partial charge in [0.2, 0.25) is 0 Å². The van der Waals surface area contributed by atoms with Crippen LogP contribution >= 0.6 is 0 Å². The molecule has 0 aromatic carbocycles. The Hall–Kier alpha value is -0.710. The molecule has 0 fully saturated rings. The summed E-state index contributed by atoms with van der Waals surface area (Å²) in [6.07, 6.45) is -1.54. The lowest BCUT2D eigenvalue weighted by atomic mass is 10.3. The quantitative estimate of drug-likeness (QED) is 0.533. The number of hydrogen-bond donors (Lipinski definition) is 1. The van der Waals surface area contributed by atoms with Crippen molar-refractivity contribution < 1.29 is 18.0 Å². The lowest BCUT2D eigenvalue weighted by Gasteiger charge is -2.10. The Morgan fingerprint density at radius 1 is 1.56 bits per heavy atom. The molecule has 1 radical (unpaired) electrons. The third kappa shape index (κ3) is 1.35. The molecule has 0 aromatic heterocycles. The summed E-state index contributed by atoms with van der Waals surface area (Å²) in [6, 6.07) is -1.77. The first-order chi connectivity index (χ1) is 4.11. The first kappa shape index (κ1) is 6.41. The number of halogens is 3. The van der Waals surface area contributed by atoms with Crippen molar-refractivity contribution in [2.45, 2.75) is 12.2 Å². The summed E-state index contributed by atoms with van der Waals surface area (Å²) in [5, 5.41) is 0. The highest BCUT2D eigenvalue weighted by Gasteiger charge is 2.40. The molecule has 1 atom stereocenters. The summed E-state index contributed by atoms with van der Waals surface area (Å²) in [4.78, 5) is 4.08. The van der Waals surface area contributed by atoms with Crippen LogP contribution < -0.4 is 5.48 Å². The van der Waals surface area contributed by atoms with Gasteiger partial charge in [0, 0.05) is 6.08 Å². The fraction of sp³-hybridized carbons (Fsp3) is 0.500. The van der Waals surface area contributed by atoms with E-state index in [1.807, 2.05) is 6.08 Å². The molecule has 1 aliphatic heterocycles. The Labute approximate surface area is 49.3 Å². The van der Waals surface area contributed by atoms with Gasteiger partial charge < -0.3 is 4.84 Å². The molecule has 2 nitrogen and oxygen atoms in total. The zero-order chi connectivity index (χ0) is 6.91. The molecule has 0 amide bonds. The molecule has 1 unspecified atom stereocenters. The van der Waals surface area contributed by atoms with Crippen LogP contribution in [-0.4, -0.2) is 12.2 Å². The molecule has 0 spiro atoms. The molecule has 5 heteroatoms. The molecule has 1 heterocycles. The first-order valence-corrected chi connectivity index (χ1v) is 2.16. The normalized spacial score (nSPS) is 26.3. The van der Waals surface area contributed by atoms with E-state index >= 15 is 0 Å². The Bertz CT molecular complexity index is 130. The largest absolute Gasteiger partial charge is 0.415 e. The van der Waals surface area contributed by atoms with Crippen molar-refractivity contribution in [3.8, 4) is 0 Å². The van der Waals surface area contributed by atoms with E-state index in [9.17, 15) is 13.2 Å². The molecule has 1 aliphatic rings. The van der Waals surface area contributed by atoms with Crippen LogP contribution in [0.1, 0.15) is 0 Å². The molecule has 0 saturated heterocycles. The lowest BCUT2D eigenvalue weighted by molar-refractivity contribution is -0.159. The van der Waals surface area contributed by atoms with E-state index in [2.05, 4.69) is 4.84 Å². The van der Waals surface area contributed by atoms with E-state index in [4.69, 9.17) is 0 Å². The molecular weight excluding hydrogens is 135 g/mol. The van der Waals surface area contributed by atoms with Crippen molar-refractivity contribution in [3.05, 3.63) is 12.3 Å². The van der Waals surface area contributed by atoms with E-state index in [-0.39, 0.29) is 0 Å². The van der Waals surface area contributed by atoms with Gasteiger partial charge in [-0.2, -0.15) is 13.2 Å². The second kappa shape index (κ2) is 1.91. The summed E-state index contributed by atoms with van der Waals surface area (Å²) in [5.41, 5.74) is 1.70. The second-order valence-electron chi connectivity index (χ2n) is 1.49. The van der Waals surface area contributed by atoms with Gasteiger partial charge in [0.15, 0.2) is 6.04 Å². The van der Waals surface area contributed by atoms with Crippen LogP contribution in [0.25, 0.3) is 0 Å². The summed E-state index contributed by atoms with van der Waals surface area (Å²) in [5.74, 6) is 0. The zero-order valence-corrected chi connectivity index (χ0v) is 4.20. The maximum absolute atomic E-state index is 11.5. The molecule has 9 heavy (non-hydrogen) atoms. The Morgan fingerprint density at radius 3 is 2.44 bits per heavy atom. The minimum absolute atomic E-state index is 0.845. The molecular formula is C4H3F3NO. The van der Waals surface area contributed by atoms with E-state index in [0.717, 1.165) is 6.26 Å². The predicted molar refractivity (Wildman–Crippen MR) is 21.9 cm³/mol. The molecule has 0 saturated carbocycles. The van der Waals surface area contributed by atoms with Crippen molar-refractivity contribution >= 4 is 0 Å². The van der Waals surface area contributed by atoms with Crippen molar-refractivity contribution in [2.75, 3.05) is 0 Å².